The maximum atomic E-state index is 8.97. The molecule has 2 aromatic heterocycles. The van der Waals surface area contributed by atoms with Crippen molar-refractivity contribution in [2.75, 3.05) is 0 Å². The maximum Gasteiger partial charge on any atom is 0.140 e. The van der Waals surface area contributed by atoms with Crippen LogP contribution in [0.2, 0.25) is 0 Å². The number of hydrogen-bond acceptors (Lipinski definition) is 2. The second kappa shape index (κ2) is 3.39. The molecule has 0 N–H and O–H groups in total. The van der Waals surface area contributed by atoms with E-state index in [0.717, 1.165) is 22.6 Å². The standard InChI is InChI=1S/C12H13N3/c1-8-5-4-6-15-11(9(2)7-13)10(3)14-12(8)15/h4-6,9H,1-3H3. The summed E-state index contributed by atoms with van der Waals surface area (Å²) in [7, 11) is 0. The van der Waals surface area contributed by atoms with Crippen LogP contribution >= 0.6 is 0 Å². The molecule has 0 radical (unpaired) electrons. The first kappa shape index (κ1) is 9.72. The van der Waals surface area contributed by atoms with Gasteiger partial charge in [0.1, 0.15) is 5.65 Å². The van der Waals surface area contributed by atoms with Gasteiger partial charge in [0, 0.05) is 6.20 Å². The highest BCUT2D eigenvalue weighted by atomic mass is 15.0. The summed E-state index contributed by atoms with van der Waals surface area (Å²) in [5.74, 6) is -0.123. The SMILES string of the molecule is Cc1nc2c(C)cccn2c1C(C)C#N. The summed E-state index contributed by atoms with van der Waals surface area (Å²) in [5.41, 5.74) is 4.03. The number of hydrogen-bond donors (Lipinski definition) is 0. The first-order chi connectivity index (χ1) is 7.15. The van der Waals surface area contributed by atoms with Crippen molar-refractivity contribution < 1.29 is 0 Å². The lowest BCUT2D eigenvalue weighted by Crippen LogP contribution is -1.98. The first-order valence-corrected chi connectivity index (χ1v) is 4.99. The summed E-state index contributed by atoms with van der Waals surface area (Å²) in [5, 5.41) is 8.97. The van der Waals surface area contributed by atoms with E-state index in [-0.39, 0.29) is 5.92 Å². The maximum absolute atomic E-state index is 8.97. The topological polar surface area (TPSA) is 41.1 Å². The van der Waals surface area contributed by atoms with Crippen LogP contribution in [0.3, 0.4) is 0 Å². The van der Waals surface area contributed by atoms with E-state index in [0.29, 0.717) is 0 Å². The molecule has 0 aromatic carbocycles. The zero-order chi connectivity index (χ0) is 11.0. The van der Waals surface area contributed by atoms with Crippen LogP contribution in [0.5, 0.6) is 0 Å². The average molecular weight is 199 g/mol. The average Bonchev–Trinajstić information content (AvgIpc) is 2.55. The largest absolute Gasteiger partial charge is 0.302 e. The molecule has 0 saturated carbocycles. The minimum atomic E-state index is -0.123. The van der Waals surface area contributed by atoms with E-state index in [1.54, 1.807) is 0 Å². The van der Waals surface area contributed by atoms with Crippen molar-refractivity contribution >= 4 is 5.65 Å². The Bertz CT molecular complexity index is 546. The van der Waals surface area contributed by atoms with E-state index >= 15 is 0 Å². The van der Waals surface area contributed by atoms with Gasteiger partial charge in [0.25, 0.3) is 0 Å². The van der Waals surface area contributed by atoms with Crippen molar-refractivity contribution in [3.05, 3.63) is 35.3 Å². The van der Waals surface area contributed by atoms with Gasteiger partial charge in [0.05, 0.1) is 23.4 Å². The van der Waals surface area contributed by atoms with E-state index < -0.39 is 0 Å². The lowest BCUT2D eigenvalue weighted by atomic mass is 10.1. The van der Waals surface area contributed by atoms with E-state index in [4.69, 9.17) is 5.26 Å². The fourth-order valence-corrected chi connectivity index (χ4v) is 1.92. The lowest BCUT2D eigenvalue weighted by molar-refractivity contribution is 0.883. The first-order valence-electron chi connectivity index (χ1n) is 4.99. The van der Waals surface area contributed by atoms with Crippen LogP contribution in [-0.4, -0.2) is 9.38 Å². The van der Waals surface area contributed by atoms with Crippen molar-refractivity contribution in [1.82, 2.24) is 9.38 Å². The van der Waals surface area contributed by atoms with Gasteiger partial charge < -0.3 is 4.40 Å². The molecule has 2 aromatic rings. The molecule has 0 bridgehead atoms. The number of rotatable bonds is 1. The number of fused-ring (bicyclic) bond motifs is 1. The van der Waals surface area contributed by atoms with Gasteiger partial charge in [-0.25, -0.2) is 4.98 Å². The number of nitrogens with zero attached hydrogens (tertiary/aromatic N) is 3. The zero-order valence-corrected chi connectivity index (χ0v) is 9.15. The summed E-state index contributed by atoms with van der Waals surface area (Å²) in [6, 6.07) is 6.27. The molecule has 0 amide bonds. The third-order valence-corrected chi connectivity index (χ3v) is 2.67. The van der Waals surface area contributed by atoms with E-state index in [9.17, 15) is 0 Å². The Labute approximate surface area is 89.0 Å². The molecule has 76 valence electrons. The summed E-state index contributed by atoms with van der Waals surface area (Å²) in [6.45, 7) is 5.89. The molecule has 2 rings (SSSR count). The van der Waals surface area contributed by atoms with Gasteiger partial charge >= 0.3 is 0 Å². The number of nitriles is 1. The predicted molar refractivity (Wildman–Crippen MR) is 58.7 cm³/mol. The zero-order valence-electron chi connectivity index (χ0n) is 9.15. The van der Waals surface area contributed by atoms with Crippen LogP contribution in [0.15, 0.2) is 18.3 Å². The third-order valence-electron chi connectivity index (χ3n) is 2.67. The van der Waals surface area contributed by atoms with Crippen LogP contribution in [0.25, 0.3) is 5.65 Å². The highest BCUT2D eigenvalue weighted by molar-refractivity contribution is 5.51. The number of aryl methyl sites for hydroxylation is 2. The molecule has 2 heterocycles. The summed E-state index contributed by atoms with van der Waals surface area (Å²) < 4.78 is 2.01. The summed E-state index contributed by atoms with van der Waals surface area (Å²) >= 11 is 0. The van der Waals surface area contributed by atoms with Crippen molar-refractivity contribution in [2.24, 2.45) is 0 Å². The van der Waals surface area contributed by atoms with Crippen LogP contribution in [0, 0.1) is 25.2 Å². The molecule has 3 heteroatoms. The Morgan fingerprint density at radius 3 is 2.87 bits per heavy atom. The van der Waals surface area contributed by atoms with Crippen LogP contribution < -0.4 is 0 Å². The second-order valence-corrected chi connectivity index (χ2v) is 3.82. The minimum absolute atomic E-state index is 0.123. The third kappa shape index (κ3) is 1.39. The predicted octanol–water partition coefficient (Wildman–Crippen LogP) is 2.58. The van der Waals surface area contributed by atoms with Gasteiger partial charge in [-0.3, -0.25) is 0 Å². The van der Waals surface area contributed by atoms with Crippen LogP contribution in [0.1, 0.15) is 29.8 Å². The van der Waals surface area contributed by atoms with E-state index in [2.05, 4.69) is 11.1 Å². The lowest BCUT2D eigenvalue weighted by Gasteiger charge is -2.04. The van der Waals surface area contributed by atoms with Gasteiger partial charge in [-0.2, -0.15) is 5.26 Å². The van der Waals surface area contributed by atoms with Gasteiger partial charge in [-0.1, -0.05) is 6.07 Å². The molecule has 0 aliphatic heterocycles. The quantitative estimate of drug-likeness (QED) is 0.708. The molecule has 3 nitrogen and oxygen atoms in total. The molecule has 0 spiro atoms. The molecule has 0 fully saturated rings. The van der Waals surface area contributed by atoms with E-state index in [1.807, 2.05) is 43.5 Å². The molecule has 1 unspecified atom stereocenters. The molecule has 0 saturated heterocycles. The van der Waals surface area contributed by atoms with Crippen molar-refractivity contribution in [2.45, 2.75) is 26.7 Å². The Kier molecular flexibility index (Phi) is 2.20. The smallest absolute Gasteiger partial charge is 0.140 e. The Balaban J connectivity index is 2.81. The normalized spacial score (nSPS) is 12.7. The van der Waals surface area contributed by atoms with Gasteiger partial charge in [-0.15, -0.1) is 0 Å². The number of aromatic nitrogens is 2. The molecule has 15 heavy (non-hydrogen) atoms. The van der Waals surface area contributed by atoms with Gasteiger partial charge in [0.15, 0.2) is 0 Å². The van der Waals surface area contributed by atoms with Gasteiger partial charge in [-0.05, 0) is 32.4 Å². The number of pyridine rings is 1. The Hall–Kier alpha value is -1.82. The van der Waals surface area contributed by atoms with Gasteiger partial charge in [0.2, 0.25) is 0 Å². The Morgan fingerprint density at radius 1 is 1.47 bits per heavy atom. The van der Waals surface area contributed by atoms with Crippen LogP contribution in [0.4, 0.5) is 0 Å². The molecular weight excluding hydrogens is 186 g/mol. The monoisotopic (exact) mass is 199 g/mol. The second-order valence-electron chi connectivity index (χ2n) is 3.82. The summed E-state index contributed by atoms with van der Waals surface area (Å²) in [6.07, 6.45) is 1.96. The Morgan fingerprint density at radius 2 is 2.20 bits per heavy atom. The van der Waals surface area contributed by atoms with Crippen molar-refractivity contribution in [1.29, 1.82) is 5.26 Å². The summed E-state index contributed by atoms with van der Waals surface area (Å²) in [4.78, 5) is 4.49. The minimum Gasteiger partial charge on any atom is -0.302 e. The molecule has 0 aliphatic rings. The van der Waals surface area contributed by atoms with Crippen molar-refractivity contribution in [3.63, 3.8) is 0 Å². The van der Waals surface area contributed by atoms with E-state index in [1.165, 1.54) is 0 Å². The molecule has 0 aliphatic carbocycles. The van der Waals surface area contributed by atoms with Crippen LogP contribution in [-0.2, 0) is 0 Å². The molecular formula is C12H13N3. The highest BCUT2D eigenvalue weighted by Gasteiger charge is 2.15. The van der Waals surface area contributed by atoms with Crippen molar-refractivity contribution in [3.8, 4) is 6.07 Å². The highest BCUT2D eigenvalue weighted by Crippen LogP contribution is 2.21. The number of imidazole rings is 1. The molecule has 1 atom stereocenters. The fraction of sp³-hybridized carbons (Fsp3) is 0.333. The fourth-order valence-electron chi connectivity index (χ4n) is 1.92.